The van der Waals surface area contributed by atoms with Crippen molar-refractivity contribution in [3.05, 3.63) is 42.5 Å². The van der Waals surface area contributed by atoms with Crippen molar-refractivity contribution >= 4 is 25.3 Å². The van der Waals surface area contributed by atoms with Crippen LogP contribution in [0, 0.1) is 0 Å². The second-order valence-corrected chi connectivity index (χ2v) is 8.27. The fraction of sp³-hybridized carbons (Fsp3) is 0.474. The molecule has 0 atom stereocenters. The van der Waals surface area contributed by atoms with Gasteiger partial charge in [-0.2, -0.15) is 0 Å². The van der Waals surface area contributed by atoms with Crippen LogP contribution in [0.1, 0.15) is 27.2 Å². The van der Waals surface area contributed by atoms with Gasteiger partial charge in [0, 0.05) is 43.5 Å². The largest absolute Gasteiger partial charge is 0.500 e. The Kier molecular flexibility index (Phi) is 7.72. The lowest BCUT2D eigenvalue weighted by molar-refractivity contribution is 0.0710. The Morgan fingerprint density at radius 3 is 2.12 bits per heavy atom. The molecule has 2 aromatic rings. The van der Waals surface area contributed by atoms with Gasteiger partial charge in [0.2, 0.25) is 0 Å². The van der Waals surface area contributed by atoms with E-state index in [-0.39, 0.29) is 0 Å². The first-order chi connectivity index (χ1) is 11.7. The number of benzene rings is 2. The number of hydrogen-bond donors (Lipinski definition) is 1. The molecule has 0 fully saturated rings. The smallest absolute Gasteiger partial charge is 0.385 e. The van der Waals surface area contributed by atoms with Gasteiger partial charge >= 0.3 is 8.80 Å². The first kappa shape index (κ1) is 18.9. The second kappa shape index (κ2) is 9.79. The maximum absolute atomic E-state index is 5.90. The molecule has 0 heterocycles. The summed E-state index contributed by atoms with van der Waals surface area (Å²) < 4.78 is 17.7. The van der Waals surface area contributed by atoms with Crippen LogP contribution in [0.4, 0.5) is 5.69 Å². The van der Waals surface area contributed by atoms with Gasteiger partial charge in [-0.15, -0.1) is 0 Å². The van der Waals surface area contributed by atoms with Crippen LogP contribution in [0.25, 0.3) is 10.8 Å². The van der Waals surface area contributed by atoms with Crippen molar-refractivity contribution in [3.8, 4) is 0 Å². The fourth-order valence-electron chi connectivity index (χ4n) is 2.91. The van der Waals surface area contributed by atoms with Crippen LogP contribution in [-0.2, 0) is 13.3 Å². The third-order valence-electron chi connectivity index (χ3n) is 3.86. The highest BCUT2D eigenvalue weighted by Crippen LogP contribution is 2.23. The van der Waals surface area contributed by atoms with Crippen molar-refractivity contribution < 1.29 is 13.3 Å². The summed E-state index contributed by atoms with van der Waals surface area (Å²) in [6.07, 6.45) is 0.954. The van der Waals surface area contributed by atoms with Gasteiger partial charge in [0.25, 0.3) is 0 Å². The molecule has 24 heavy (non-hydrogen) atoms. The van der Waals surface area contributed by atoms with E-state index in [0.29, 0.717) is 19.8 Å². The standard InChI is InChI=1S/C19H29NO3Si/c1-4-21-24(22-5-2,23-6-3)16-10-15-20-19-14-9-12-17-11-7-8-13-18(17)19/h7-9,11-14,20H,4-6,10,15-16H2,1-3H3. The number of rotatable bonds is 11. The van der Waals surface area contributed by atoms with Gasteiger partial charge in [0.15, 0.2) is 0 Å². The van der Waals surface area contributed by atoms with Crippen LogP contribution < -0.4 is 5.32 Å². The van der Waals surface area contributed by atoms with Crippen LogP contribution >= 0.6 is 0 Å². The van der Waals surface area contributed by atoms with E-state index in [1.165, 1.54) is 16.5 Å². The molecule has 132 valence electrons. The quantitative estimate of drug-likeness (QED) is 0.473. The number of nitrogens with one attached hydrogen (secondary N) is 1. The molecule has 0 radical (unpaired) electrons. The van der Waals surface area contributed by atoms with Gasteiger partial charge in [-0.1, -0.05) is 36.4 Å². The third-order valence-corrected chi connectivity index (χ3v) is 7.01. The van der Waals surface area contributed by atoms with Crippen molar-refractivity contribution in [2.24, 2.45) is 0 Å². The molecule has 0 aromatic heterocycles. The van der Waals surface area contributed by atoms with E-state index < -0.39 is 8.80 Å². The lowest BCUT2D eigenvalue weighted by Crippen LogP contribution is -2.46. The first-order valence-electron chi connectivity index (χ1n) is 8.88. The summed E-state index contributed by atoms with van der Waals surface area (Å²) in [7, 11) is -2.53. The van der Waals surface area contributed by atoms with Crippen molar-refractivity contribution in [2.45, 2.75) is 33.2 Å². The maximum atomic E-state index is 5.90. The lowest BCUT2D eigenvalue weighted by atomic mass is 10.1. The van der Waals surface area contributed by atoms with Crippen molar-refractivity contribution in [1.29, 1.82) is 0 Å². The second-order valence-electron chi connectivity index (χ2n) is 5.54. The zero-order valence-corrected chi connectivity index (χ0v) is 16.0. The lowest BCUT2D eigenvalue weighted by Gasteiger charge is -2.28. The maximum Gasteiger partial charge on any atom is 0.500 e. The summed E-state index contributed by atoms with van der Waals surface area (Å²) in [4.78, 5) is 0. The van der Waals surface area contributed by atoms with Crippen LogP contribution in [-0.4, -0.2) is 35.2 Å². The van der Waals surface area contributed by atoms with E-state index >= 15 is 0 Å². The Balaban J connectivity index is 1.94. The average Bonchev–Trinajstić information content (AvgIpc) is 2.59. The monoisotopic (exact) mass is 347 g/mol. The molecule has 2 aromatic carbocycles. The van der Waals surface area contributed by atoms with Crippen LogP contribution in [0.15, 0.2) is 42.5 Å². The highest BCUT2D eigenvalue weighted by molar-refractivity contribution is 6.60. The molecule has 0 unspecified atom stereocenters. The van der Waals surface area contributed by atoms with Gasteiger partial charge in [0.1, 0.15) is 0 Å². The molecule has 5 heteroatoms. The van der Waals surface area contributed by atoms with Crippen molar-refractivity contribution in [1.82, 2.24) is 0 Å². The predicted molar refractivity (Wildman–Crippen MR) is 102 cm³/mol. The molecule has 0 bridgehead atoms. The topological polar surface area (TPSA) is 39.7 Å². The molecular formula is C19H29NO3Si. The first-order valence-corrected chi connectivity index (χ1v) is 10.8. The SMILES string of the molecule is CCO[Si](CCCNc1cccc2ccccc12)(OCC)OCC. The molecule has 0 saturated carbocycles. The summed E-state index contributed by atoms with van der Waals surface area (Å²) in [6, 6.07) is 15.6. The molecule has 0 amide bonds. The highest BCUT2D eigenvalue weighted by atomic mass is 28.4. The van der Waals surface area contributed by atoms with Crippen LogP contribution in [0.3, 0.4) is 0 Å². The van der Waals surface area contributed by atoms with Crippen LogP contribution in [0.5, 0.6) is 0 Å². The number of hydrogen-bond acceptors (Lipinski definition) is 4. The van der Waals surface area contributed by atoms with Crippen molar-refractivity contribution in [2.75, 3.05) is 31.7 Å². The summed E-state index contributed by atoms with van der Waals surface area (Å²) in [5, 5.41) is 6.05. The van der Waals surface area contributed by atoms with E-state index in [0.717, 1.165) is 19.0 Å². The molecule has 0 aliphatic heterocycles. The number of anilines is 1. The Hall–Kier alpha value is -1.40. The van der Waals surface area contributed by atoms with Gasteiger partial charge in [-0.25, -0.2) is 0 Å². The molecule has 0 aliphatic rings. The molecular weight excluding hydrogens is 318 g/mol. The Bertz CT molecular complexity index is 598. The summed E-state index contributed by atoms with van der Waals surface area (Å²) in [5.41, 5.74) is 1.17. The van der Waals surface area contributed by atoms with E-state index in [4.69, 9.17) is 13.3 Å². The van der Waals surface area contributed by atoms with E-state index in [1.54, 1.807) is 0 Å². The van der Waals surface area contributed by atoms with Crippen molar-refractivity contribution in [3.63, 3.8) is 0 Å². The van der Waals surface area contributed by atoms with Gasteiger partial charge in [-0.05, 0) is 38.6 Å². The summed E-state index contributed by atoms with van der Waals surface area (Å²) in [5.74, 6) is 0. The minimum absolute atomic E-state index is 0.628. The molecule has 1 N–H and O–H groups in total. The van der Waals surface area contributed by atoms with Gasteiger partial charge < -0.3 is 18.6 Å². The Morgan fingerprint density at radius 1 is 0.833 bits per heavy atom. The minimum Gasteiger partial charge on any atom is -0.385 e. The van der Waals surface area contributed by atoms with Gasteiger partial charge in [-0.3, -0.25) is 0 Å². The fourth-order valence-corrected chi connectivity index (χ4v) is 5.52. The highest BCUT2D eigenvalue weighted by Gasteiger charge is 2.39. The van der Waals surface area contributed by atoms with E-state index in [1.807, 2.05) is 20.8 Å². The van der Waals surface area contributed by atoms with E-state index in [9.17, 15) is 0 Å². The molecule has 2 rings (SSSR count). The molecule has 0 spiro atoms. The normalized spacial score (nSPS) is 11.8. The molecule has 0 saturated heterocycles. The zero-order chi connectivity index (χ0) is 17.3. The van der Waals surface area contributed by atoms with Crippen LogP contribution in [0.2, 0.25) is 6.04 Å². The summed E-state index contributed by atoms with van der Waals surface area (Å²) in [6.45, 7) is 8.74. The molecule has 0 aliphatic carbocycles. The predicted octanol–water partition coefficient (Wildman–Crippen LogP) is 4.69. The Morgan fingerprint density at radius 2 is 1.46 bits per heavy atom. The minimum atomic E-state index is -2.53. The van der Waals surface area contributed by atoms with Gasteiger partial charge in [0.05, 0.1) is 0 Å². The Labute approximate surface area is 146 Å². The number of fused-ring (bicyclic) bond motifs is 1. The third kappa shape index (κ3) is 5.04. The average molecular weight is 348 g/mol. The van der Waals surface area contributed by atoms with E-state index in [2.05, 4.69) is 47.8 Å². The molecule has 4 nitrogen and oxygen atoms in total. The summed E-state index contributed by atoms with van der Waals surface area (Å²) >= 11 is 0. The zero-order valence-electron chi connectivity index (χ0n) is 15.0.